The maximum absolute atomic E-state index is 11.7. The van der Waals surface area contributed by atoms with Crippen molar-refractivity contribution < 1.29 is 9.32 Å². The average molecular weight is 209 g/mol. The molecular formula is C10H15N3O2. The standard InChI is InChI=1S/C10H15N3O2/c1-7-5-8(15-12-7)6-13-4-2-3-9(11)10(13)14/h5,9H,2-4,6,11H2,1H3. The van der Waals surface area contributed by atoms with E-state index in [1.54, 1.807) is 4.90 Å². The van der Waals surface area contributed by atoms with Crippen LogP contribution in [0.25, 0.3) is 0 Å². The Balaban J connectivity index is 2.02. The molecule has 5 heteroatoms. The smallest absolute Gasteiger partial charge is 0.239 e. The lowest BCUT2D eigenvalue weighted by atomic mass is 10.1. The molecule has 0 bridgehead atoms. The highest BCUT2D eigenvalue weighted by Crippen LogP contribution is 2.14. The number of amides is 1. The lowest BCUT2D eigenvalue weighted by Crippen LogP contribution is -2.47. The highest BCUT2D eigenvalue weighted by atomic mass is 16.5. The number of hydrogen-bond donors (Lipinski definition) is 1. The number of aromatic nitrogens is 1. The SMILES string of the molecule is Cc1cc(CN2CCCC(N)C2=O)on1. The number of hydrogen-bond acceptors (Lipinski definition) is 4. The highest BCUT2D eigenvalue weighted by Gasteiger charge is 2.26. The first kappa shape index (κ1) is 10.2. The fourth-order valence-corrected chi connectivity index (χ4v) is 1.81. The van der Waals surface area contributed by atoms with E-state index in [1.807, 2.05) is 13.0 Å². The Labute approximate surface area is 88.2 Å². The Morgan fingerprint density at radius 3 is 3.20 bits per heavy atom. The molecule has 1 saturated heterocycles. The number of nitrogens with two attached hydrogens (primary N) is 1. The molecule has 1 amide bonds. The molecule has 1 aromatic heterocycles. The number of piperidine rings is 1. The Kier molecular flexibility index (Phi) is 2.73. The zero-order valence-electron chi connectivity index (χ0n) is 8.77. The molecule has 0 aromatic carbocycles. The molecule has 0 spiro atoms. The molecule has 1 atom stereocenters. The molecule has 1 aliphatic rings. The van der Waals surface area contributed by atoms with E-state index in [1.165, 1.54) is 0 Å². The van der Waals surface area contributed by atoms with Crippen LogP contribution in [0.2, 0.25) is 0 Å². The molecule has 1 fully saturated rings. The summed E-state index contributed by atoms with van der Waals surface area (Å²) < 4.78 is 5.07. The van der Waals surface area contributed by atoms with Crippen molar-refractivity contribution in [1.82, 2.24) is 10.1 Å². The Hall–Kier alpha value is -1.36. The fourth-order valence-electron chi connectivity index (χ4n) is 1.81. The highest BCUT2D eigenvalue weighted by molar-refractivity contribution is 5.82. The van der Waals surface area contributed by atoms with Gasteiger partial charge >= 0.3 is 0 Å². The molecular weight excluding hydrogens is 194 g/mol. The van der Waals surface area contributed by atoms with E-state index in [0.717, 1.165) is 30.8 Å². The second-order valence-electron chi connectivity index (χ2n) is 3.94. The first-order chi connectivity index (χ1) is 7.16. The molecule has 2 N–H and O–H groups in total. The Morgan fingerprint density at radius 1 is 1.73 bits per heavy atom. The summed E-state index contributed by atoms with van der Waals surface area (Å²) in [6, 6.07) is 1.50. The largest absolute Gasteiger partial charge is 0.359 e. The number of rotatable bonds is 2. The van der Waals surface area contributed by atoms with Crippen LogP contribution in [-0.4, -0.2) is 28.6 Å². The number of aryl methyl sites for hydroxylation is 1. The van der Waals surface area contributed by atoms with Gasteiger partial charge in [0.2, 0.25) is 5.91 Å². The molecule has 0 saturated carbocycles. The van der Waals surface area contributed by atoms with Crippen LogP contribution in [0.15, 0.2) is 10.6 Å². The van der Waals surface area contributed by atoms with E-state index in [-0.39, 0.29) is 11.9 Å². The van der Waals surface area contributed by atoms with Gasteiger partial charge in [0.25, 0.3) is 0 Å². The van der Waals surface area contributed by atoms with Crippen LogP contribution in [0, 0.1) is 6.92 Å². The van der Waals surface area contributed by atoms with Crippen LogP contribution in [0.4, 0.5) is 0 Å². The summed E-state index contributed by atoms with van der Waals surface area (Å²) in [5, 5.41) is 3.78. The minimum atomic E-state index is -0.345. The molecule has 1 unspecified atom stereocenters. The summed E-state index contributed by atoms with van der Waals surface area (Å²) in [6.07, 6.45) is 1.74. The molecule has 5 nitrogen and oxygen atoms in total. The van der Waals surface area contributed by atoms with Crippen LogP contribution in [0.3, 0.4) is 0 Å². The van der Waals surface area contributed by atoms with Crippen molar-refractivity contribution in [1.29, 1.82) is 0 Å². The van der Waals surface area contributed by atoms with Crippen molar-refractivity contribution in [3.8, 4) is 0 Å². The third kappa shape index (κ3) is 2.18. The van der Waals surface area contributed by atoms with Gasteiger partial charge in [-0.3, -0.25) is 4.79 Å². The summed E-state index contributed by atoms with van der Waals surface area (Å²) in [7, 11) is 0. The Bertz CT molecular complexity index is 361. The summed E-state index contributed by atoms with van der Waals surface area (Å²) in [6.45, 7) is 3.09. The van der Waals surface area contributed by atoms with Gasteiger partial charge in [-0.05, 0) is 19.8 Å². The third-order valence-corrected chi connectivity index (χ3v) is 2.60. The van der Waals surface area contributed by atoms with Gasteiger partial charge in [0.15, 0.2) is 5.76 Å². The molecule has 2 rings (SSSR count). The van der Waals surface area contributed by atoms with Gasteiger partial charge in [-0.2, -0.15) is 0 Å². The minimum Gasteiger partial charge on any atom is -0.359 e. The zero-order chi connectivity index (χ0) is 10.8. The third-order valence-electron chi connectivity index (χ3n) is 2.60. The van der Waals surface area contributed by atoms with Gasteiger partial charge in [-0.1, -0.05) is 5.16 Å². The first-order valence-electron chi connectivity index (χ1n) is 5.13. The number of carbonyl (C=O) groups excluding carboxylic acids is 1. The molecule has 1 aliphatic heterocycles. The van der Waals surface area contributed by atoms with Gasteiger partial charge in [0.1, 0.15) is 0 Å². The van der Waals surface area contributed by atoms with Crippen LogP contribution in [-0.2, 0) is 11.3 Å². The predicted molar refractivity (Wildman–Crippen MR) is 53.9 cm³/mol. The van der Waals surface area contributed by atoms with E-state index >= 15 is 0 Å². The van der Waals surface area contributed by atoms with E-state index < -0.39 is 0 Å². The van der Waals surface area contributed by atoms with Crippen LogP contribution >= 0.6 is 0 Å². The van der Waals surface area contributed by atoms with E-state index in [9.17, 15) is 4.79 Å². The number of likely N-dealkylation sites (tertiary alicyclic amines) is 1. The van der Waals surface area contributed by atoms with Crippen molar-refractivity contribution in [2.75, 3.05) is 6.54 Å². The topological polar surface area (TPSA) is 72.4 Å². The van der Waals surface area contributed by atoms with Gasteiger partial charge < -0.3 is 15.2 Å². The quantitative estimate of drug-likeness (QED) is 0.766. The van der Waals surface area contributed by atoms with Gasteiger partial charge in [-0.15, -0.1) is 0 Å². The summed E-state index contributed by atoms with van der Waals surface area (Å²) in [5.74, 6) is 0.727. The van der Waals surface area contributed by atoms with Crippen molar-refractivity contribution in [3.05, 3.63) is 17.5 Å². The second-order valence-corrected chi connectivity index (χ2v) is 3.94. The van der Waals surface area contributed by atoms with Gasteiger partial charge in [0.05, 0.1) is 18.3 Å². The van der Waals surface area contributed by atoms with Crippen LogP contribution in [0.1, 0.15) is 24.3 Å². The lowest BCUT2D eigenvalue weighted by Gasteiger charge is -2.29. The normalized spacial score (nSPS) is 22.1. The molecule has 2 heterocycles. The minimum absolute atomic E-state index is 0.00954. The van der Waals surface area contributed by atoms with Crippen molar-refractivity contribution in [3.63, 3.8) is 0 Å². The van der Waals surface area contributed by atoms with Crippen molar-refractivity contribution in [2.24, 2.45) is 5.73 Å². The lowest BCUT2D eigenvalue weighted by molar-refractivity contribution is -0.135. The van der Waals surface area contributed by atoms with Gasteiger partial charge in [0, 0.05) is 12.6 Å². The van der Waals surface area contributed by atoms with E-state index in [4.69, 9.17) is 10.3 Å². The van der Waals surface area contributed by atoms with Crippen LogP contribution in [0.5, 0.6) is 0 Å². The Morgan fingerprint density at radius 2 is 2.53 bits per heavy atom. The summed E-state index contributed by atoms with van der Waals surface area (Å²) in [4.78, 5) is 13.4. The number of nitrogens with zero attached hydrogens (tertiary/aromatic N) is 2. The van der Waals surface area contributed by atoms with Crippen LogP contribution < -0.4 is 5.73 Å². The molecule has 1 aromatic rings. The van der Waals surface area contributed by atoms with Gasteiger partial charge in [-0.25, -0.2) is 0 Å². The first-order valence-corrected chi connectivity index (χ1v) is 5.13. The monoisotopic (exact) mass is 209 g/mol. The molecule has 82 valence electrons. The summed E-state index contributed by atoms with van der Waals surface area (Å²) >= 11 is 0. The average Bonchev–Trinajstić information content (AvgIpc) is 2.59. The maximum Gasteiger partial charge on any atom is 0.239 e. The zero-order valence-corrected chi connectivity index (χ0v) is 8.77. The van der Waals surface area contributed by atoms with Crippen molar-refractivity contribution >= 4 is 5.91 Å². The fraction of sp³-hybridized carbons (Fsp3) is 0.600. The molecule has 0 aliphatic carbocycles. The van der Waals surface area contributed by atoms with E-state index in [2.05, 4.69) is 5.16 Å². The second kappa shape index (κ2) is 4.02. The molecule has 0 radical (unpaired) electrons. The van der Waals surface area contributed by atoms with E-state index in [0.29, 0.717) is 6.54 Å². The maximum atomic E-state index is 11.7. The summed E-state index contributed by atoms with van der Waals surface area (Å²) in [5.41, 5.74) is 6.52. The molecule has 15 heavy (non-hydrogen) atoms. The number of carbonyl (C=O) groups is 1. The predicted octanol–water partition coefficient (Wildman–Crippen LogP) is 0.433. The van der Waals surface area contributed by atoms with Crippen molar-refractivity contribution in [2.45, 2.75) is 32.4 Å².